The topological polar surface area (TPSA) is 252 Å². The second-order valence-electron chi connectivity index (χ2n) is 32.9. The summed E-state index contributed by atoms with van der Waals surface area (Å²) in [5, 5.41) is 0. The number of carbonyl (C=O) groups excluding carboxylic acids is 4. The molecule has 19 rings (SSSR count). The quantitative estimate of drug-likeness (QED) is 0.0347. The Labute approximate surface area is 707 Å². The van der Waals surface area contributed by atoms with E-state index in [1.807, 2.05) is 72.8 Å². The summed E-state index contributed by atoms with van der Waals surface area (Å²) in [7, 11) is 0. The average Bonchev–Trinajstić information content (AvgIpc) is 1.60. The summed E-state index contributed by atoms with van der Waals surface area (Å²) in [6.07, 6.45) is 28.4. The standard InChI is InChI=1S/C100H90N10O12/c1-11-17-21-25-33-59-63-45-64-60(34-26-22-18-12-2)66-47-68-62(36-28-24-20-14-4)70-48-69-61(35-27-23-19-13-3)67-46-65(59)77-50-79(67)119-93-95(107-85-83(105-93)97(111)109(99(85)113)87-53(7)41-57(15-5)42-54(87)8)121-81(69)52-82(70)122-96-94(106-84-86(108-96)100(114)110(98(84)112)88-55(9)43-58(16-6)44-56(88)10)120-80(68)51-78(66)118-92-90(102-72-38-30-32-40-74(72)104-92)116-76(64)49-75(63)115-89-91(117-77)103-73-39-31-29-37-71(73)101-89/h5-6,29-32,37-52,59-62H,11-14,17-28,33-36H2,1-4,7-10H3. The number of carbonyl (C=O) groups is 4. The molecule has 8 bridgehead atoms. The van der Waals surface area contributed by atoms with Crippen molar-refractivity contribution < 1.29 is 57.1 Å². The molecule has 612 valence electrons. The fourth-order valence-electron chi connectivity index (χ4n) is 18.8. The number of aromatic nitrogens is 8. The second kappa shape index (κ2) is 32.2. The summed E-state index contributed by atoms with van der Waals surface area (Å²) in [5.74, 6) is 1.95. The van der Waals surface area contributed by atoms with Crippen LogP contribution in [0.15, 0.2) is 121 Å². The van der Waals surface area contributed by atoms with Gasteiger partial charge < -0.3 is 37.9 Å². The number of aryl methyl sites for hydroxylation is 4. The van der Waals surface area contributed by atoms with Crippen LogP contribution in [0.3, 0.4) is 0 Å². The van der Waals surface area contributed by atoms with Crippen molar-refractivity contribution in [2.45, 2.75) is 207 Å². The van der Waals surface area contributed by atoms with Crippen molar-refractivity contribution in [3.05, 3.63) is 222 Å². The Hall–Kier alpha value is -13.6. The number of amides is 4. The molecule has 4 aromatic heterocycles. The van der Waals surface area contributed by atoms with E-state index >= 15 is 19.2 Å². The second-order valence-corrected chi connectivity index (χ2v) is 32.9. The molecular weight excluding hydrogens is 1530 g/mol. The molecule has 4 unspecified atom stereocenters. The third-order valence-electron chi connectivity index (χ3n) is 24.7. The van der Waals surface area contributed by atoms with Gasteiger partial charge in [0.05, 0.1) is 33.4 Å². The van der Waals surface area contributed by atoms with Crippen LogP contribution in [0, 0.1) is 52.4 Å². The van der Waals surface area contributed by atoms with Crippen LogP contribution in [-0.2, 0) is 0 Å². The van der Waals surface area contributed by atoms with Crippen LogP contribution in [0.5, 0.6) is 93.0 Å². The average molecular weight is 1620 g/mol. The highest BCUT2D eigenvalue weighted by molar-refractivity contribution is 6.34. The number of ether oxygens (including phenoxy) is 8. The molecule has 4 atom stereocenters. The van der Waals surface area contributed by atoms with Crippen LogP contribution in [0.25, 0.3) is 22.1 Å². The number of hydrogen-bond donors (Lipinski definition) is 0. The summed E-state index contributed by atoms with van der Waals surface area (Å²) in [6.45, 7) is 16.0. The number of rotatable bonds is 22. The Balaban J connectivity index is 0.957. The van der Waals surface area contributed by atoms with Gasteiger partial charge in [0.25, 0.3) is 70.7 Å². The van der Waals surface area contributed by atoms with Gasteiger partial charge in [-0.05, 0) is 148 Å². The third-order valence-corrected chi connectivity index (χ3v) is 24.7. The number of anilines is 2. The summed E-state index contributed by atoms with van der Waals surface area (Å²) in [5.41, 5.74) is 11.2. The fourth-order valence-corrected chi connectivity index (χ4v) is 18.8. The minimum atomic E-state index is -0.748. The lowest BCUT2D eigenvalue weighted by Crippen LogP contribution is -2.31. The SMILES string of the molecule is C#Cc1cc(C)c(N2C(=O)c3nc4c(nc3C2=O)Oc2cc3c5cc2C(CCCCCC)c2cc6c(cc2O4)Oc2nc4c(nc2Oc2cc7c(cc2C6CCCCCC)C(CCCCCC)c2cc(c(cc2Oc2nc6ccccc6nc2O7)Oc2nc6ccccc6nc2O3)C5CCCCCC)C(=O)N(c2c(C)cc(C#C)cc2C)C4=O)c(C)c1. The number of para-hydroxylation sites is 4. The van der Waals surface area contributed by atoms with Crippen LogP contribution in [0.4, 0.5) is 11.4 Å². The highest BCUT2D eigenvalue weighted by Crippen LogP contribution is 2.60. The van der Waals surface area contributed by atoms with E-state index in [2.05, 4.69) is 63.8 Å². The Morgan fingerprint density at radius 1 is 0.287 bits per heavy atom. The van der Waals surface area contributed by atoms with E-state index in [1.54, 1.807) is 52.0 Å². The van der Waals surface area contributed by atoms with Gasteiger partial charge in [0.15, 0.2) is 22.8 Å². The van der Waals surface area contributed by atoms with Gasteiger partial charge in [-0.1, -0.05) is 167 Å². The normalized spacial score (nSPS) is 16.4. The Morgan fingerprint density at radius 2 is 0.492 bits per heavy atom. The molecule has 10 heterocycles. The van der Waals surface area contributed by atoms with Gasteiger partial charge in [0, 0.05) is 104 Å². The first kappa shape index (κ1) is 78.3. The van der Waals surface area contributed by atoms with Crippen molar-refractivity contribution in [2.24, 2.45) is 0 Å². The first-order valence-electron chi connectivity index (χ1n) is 42.9. The maximum absolute atomic E-state index is 15.5. The lowest BCUT2D eigenvalue weighted by Gasteiger charge is -2.30. The molecule has 4 amide bonds. The van der Waals surface area contributed by atoms with Gasteiger partial charge in [-0.3, -0.25) is 19.2 Å². The predicted octanol–water partition coefficient (Wildman–Crippen LogP) is 24.3. The fraction of sp³-hybridized carbons (Fsp3) is 0.320. The first-order valence-corrected chi connectivity index (χ1v) is 42.9. The van der Waals surface area contributed by atoms with Crippen LogP contribution in [0.1, 0.15) is 300 Å². The molecule has 0 radical (unpaired) electrons. The van der Waals surface area contributed by atoms with Crippen LogP contribution in [0.2, 0.25) is 0 Å². The molecule has 6 aliphatic heterocycles. The van der Waals surface area contributed by atoms with Crippen molar-refractivity contribution in [2.75, 3.05) is 9.80 Å². The van der Waals surface area contributed by atoms with E-state index in [0.29, 0.717) is 138 Å². The minimum Gasteiger partial charge on any atom is -0.434 e. The number of terminal acetylenes is 2. The van der Waals surface area contributed by atoms with E-state index in [0.717, 1.165) is 135 Å². The smallest absolute Gasteiger partial charge is 0.286 e. The van der Waals surface area contributed by atoms with Gasteiger partial charge in [0.2, 0.25) is 0 Å². The molecule has 12 aromatic rings. The summed E-state index contributed by atoms with van der Waals surface area (Å²) in [4.78, 5) is 106. The lowest BCUT2D eigenvalue weighted by molar-refractivity contribution is 0.0907. The summed E-state index contributed by atoms with van der Waals surface area (Å²) >= 11 is 0. The van der Waals surface area contributed by atoms with Crippen molar-refractivity contribution >= 4 is 57.1 Å². The van der Waals surface area contributed by atoms with Gasteiger partial charge in [-0.25, -0.2) is 49.7 Å². The third kappa shape index (κ3) is 13.8. The molecule has 0 fully saturated rings. The number of unbranched alkanes of at least 4 members (excludes halogenated alkanes) is 12. The molecule has 1 aliphatic carbocycles. The monoisotopic (exact) mass is 1620 g/mol. The van der Waals surface area contributed by atoms with Crippen molar-refractivity contribution in [3.8, 4) is 118 Å². The molecule has 22 nitrogen and oxygen atoms in total. The van der Waals surface area contributed by atoms with Gasteiger partial charge in [-0.15, -0.1) is 12.8 Å². The molecule has 0 spiro atoms. The zero-order valence-electron chi connectivity index (χ0n) is 69.5. The number of nitrogens with zero attached hydrogens (tertiary/aromatic N) is 10. The first-order chi connectivity index (χ1) is 59.5. The number of imide groups is 2. The van der Waals surface area contributed by atoms with E-state index in [9.17, 15) is 0 Å². The highest BCUT2D eigenvalue weighted by Gasteiger charge is 2.47. The Bertz CT molecular complexity index is 6080. The van der Waals surface area contributed by atoms with Crippen LogP contribution < -0.4 is 47.7 Å². The number of fused-ring (bicyclic) bond motifs is 8. The zero-order chi connectivity index (χ0) is 83.9. The molecule has 0 saturated heterocycles. The summed E-state index contributed by atoms with van der Waals surface area (Å²) < 4.78 is 60.1. The molecule has 122 heavy (non-hydrogen) atoms. The highest BCUT2D eigenvalue weighted by atomic mass is 16.6. The number of hydrogen-bond acceptors (Lipinski definition) is 20. The van der Waals surface area contributed by atoms with E-state index in [4.69, 9.17) is 90.6 Å². The maximum atomic E-state index is 15.5. The minimum absolute atomic E-state index is 0.0619. The molecule has 0 N–H and O–H groups in total. The van der Waals surface area contributed by atoms with Crippen LogP contribution >= 0.6 is 0 Å². The maximum Gasteiger partial charge on any atom is 0.286 e. The van der Waals surface area contributed by atoms with Gasteiger partial charge in [-0.2, -0.15) is 0 Å². The van der Waals surface area contributed by atoms with Crippen molar-refractivity contribution in [3.63, 3.8) is 0 Å². The van der Waals surface area contributed by atoms with Crippen molar-refractivity contribution in [1.82, 2.24) is 39.9 Å². The Morgan fingerprint density at radius 3 is 0.689 bits per heavy atom. The largest absolute Gasteiger partial charge is 0.434 e. The number of benzene rings is 8. The van der Waals surface area contributed by atoms with E-state index in [-0.39, 0.29) is 92.8 Å². The zero-order valence-corrected chi connectivity index (χ0v) is 69.5. The lowest BCUT2D eigenvalue weighted by atomic mass is 9.76. The molecule has 22 heteroatoms. The van der Waals surface area contributed by atoms with Crippen LogP contribution in [-0.4, -0.2) is 63.5 Å². The molecule has 7 aliphatic rings. The Kier molecular flexibility index (Phi) is 20.6. The molecular formula is C100H90N10O12. The van der Waals surface area contributed by atoms with Gasteiger partial charge >= 0.3 is 0 Å². The molecule has 8 aromatic carbocycles. The van der Waals surface area contributed by atoms with E-state index in [1.165, 1.54) is 0 Å². The van der Waals surface area contributed by atoms with Gasteiger partial charge in [0.1, 0.15) is 46.0 Å². The summed E-state index contributed by atoms with van der Waals surface area (Å²) in [6, 6.07) is 38.6. The van der Waals surface area contributed by atoms with Crippen molar-refractivity contribution in [1.29, 1.82) is 0 Å². The molecule has 0 saturated carbocycles. The van der Waals surface area contributed by atoms with E-state index < -0.39 is 47.3 Å². The predicted molar refractivity (Wildman–Crippen MR) is 462 cm³/mol.